The largest absolute Gasteiger partial charge is 0.391 e. The van der Waals surface area contributed by atoms with Crippen molar-refractivity contribution in [2.45, 2.75) is 17.6 Å². The molecule has 0 spiro atoms. The minimum absolute atomic E-state index is 0.0995. The smallest absolute Gasteiger partial charge is 0.272 e. The summed E-state index contributed by atoms with van der Waals surface area (Å²) in [6.07, 6.45) is 3.46. The van der Waals surface area contributed by atoms with Gasteiger partial charge in [0.2, 0.25) is 0 Å². The van der Waals surface area contributed by atoms with Gasteiger partial charge in [-0.05, 0) is 12.7 Å². The van der Waals surface area contributed by atoms with Crippen LogP contribution in [0.1, 0.15) is 16.8 Å². The van der Waals surface area contributed by atoms with Gasteiger partial charge in [-0.1, -0.05) is 0 Å². The standard InChI is InChI=1S/C12H13N3O3S2/c1-19-9-8(10(17)14-3-2-7(16)6-14)11(18)15-4-5-20-12(15)13-9/h4-5,7,16H,2-3,6H2,1H3. The summed E-state index contributed by atoms with van der Waals surface area (Å²) in [5.74, 6) is -0.344. The van der Waals surface area contributed by atoms with Crippen LogP contribution < -0.4 is 5.56 Å². The molecule has 0 radical (unpaired) electrons. The number of hydrogen-bond acceptors (Lipinski definition) is 6. The highest BCUT2D eigenvalue weighted by molar-refractivity contribution is 7.98. The second kappa shape index (κ2) is 5.19. The van der Waals surface area contributed by atoms with Gasteiger partial charge < -0.3 is 10.0 Å². The minimum atomic E-state index is -0.503. The Bertz CT molecular complexity index is 724. The summed E-state index contributed by atoms with van der Waals surface area (Å²) >= 11 is 2.65. The van der Waals surface area contributed by atoms with E-state index in [2.05, 4.69) is 4.98 Å². The zero-order valence-corrected chi connectivity index (χ0v) is 12.4. The van der Waals surface area contributed by atoms with Crippen molar-refractivity contribution in [3.63, 3.8) is 0 Å². The summed E-state index contributed by atoms with van der Waals surface area (Å²) in [5, 5.41) is 11.7. The maximum atomic E-state index is 12.5. The van der Waals surface area contributed by atoms with E-state index in [-0.39, 0.29) is 23.6 Å². The van der Waals surface area contributed by atoms with Gasteiger partial charge in [0.25, 0.3) is 11.5 Å². The van der Waals surface area contributed by atoms with Crippen LogP contribution in [0.15, 0.2) is 21.4 Å². The molecule has 106 valence electrons. The predicted molar refractivity (Wildman–Crippen MR) is 77.6 cm³/mol. The van der Waals surface area contributed by atoms with Gasteiger partial charge in [0.1, 0.15) is 10.6 Å². The van der Waals surface area contributed by atoms with Crippen molar-refractivity contribution in [2.24, 2.45) is 0 Å². The third-order valence-electron chi connectivity index (χ3n) is 3.29. The second-order valence-electron chi connectivity index (χ2n) is 4.55. The van der Waals surface area contributed by atoms with Crippen molar-refractivity contribution >= 4 is 34.0 Å². The number of thioether (sulfide) groups is 1. The van der Waals surface area contributed by atoms with Crippen LogP contribution in [0.3, 0.4) is 0 Å². The number of likely N-dealkylation sites (tertiary alicyclic amines) is 1. The van der Waals surface area contributed by atoms with Gasteiger partial charge in [0.15, 0.2) is 4.96 Å². The summed E-state index contributed by atoms with van der Waals surface area (Å²) in [5.41, 5.74) is -0.241. The van der Waals surface area contributed by atoms with E-state index < -0.39 is 6.10 Å². The Morgan fingerprint density at radius 2 is 2.40 bits per heavy atom. The van der Waals surface area contributed by atoms with Gasteiger partial charge in [-0.15, -0.1) is 23.1 Å². The average Bonchev–Trinajstić information content (AvgIpc) is 3.06. The molecule has 0 aliphatic carbocycles. The highest BCUT2D eigenvalue weighted by Gasteiger charge is 2.30. The summed E-state index contributed by atoms with van der Waals surface area (Å²) in [4.78, 5) is 31.4. The first-order chi connectivity index (χ1) is 9.61. The number of carbonyl (C=O) groups is 1. The van der Waals surface area contributed by atoms with Gasteiger partial charge in [0.05, 0.1) is 6.10 Å². The van der Waals surface area contributed by atoms with Crippen LogP contribution in [0.25, 0.3) is 4.96 Å². The molecule has 1 unspecified atom stereocenters. The molecule has 1 saturated heterocycles. The van der Waals surface area contributed by atoms with E-state index in [0.717, 1.165) is 0 Å². The Kier molecular flexibility index (Phi) is 3.53. The van der Waals surface area contributed by atoms with Gasteiger partial charge >= 0.3 is 0 Å². The molecule has 0 aromatic carbocycles. The number of aliphatic hydroxyl groups is 1. The Hall–Kier alpha value is -1.38. The lowest BCUT2D eigenvalue weighted by molar-refractivity contribution is 0.0758. The third kappa shape index (κ3) is 2.13. The number of carbonyl (C=O) groups excluding carboxylic acids is 1. The van der Waals surface area contributed by atoms with Crippen LogP contribution in [0, 0.1) is 0 Å². The van der Waals surface area contributed by atoms with Crippen molar-refractivity contribution in [2.75, 3.05) is 19.3 Å². The SMILES string of the molecule is CSc1nc2sccn2c(=O)c1C(=O)N1CCC(O)C1. The number of rotatable bonds is 2. The lowest BCUT2D eigenvalue weighted by Crippen LogP contribution is -2.35. The van der Waals surface area contributed by atoms with E-state index in [0.29, 0.717) is 23.0 Å². The van der Waals surface area contributed by atoms with Crippen molar-refractivity contribution in [3.05, 3.63) is 27.5 Å². The fraction of sp³-hybridized carbons (Fsp3) is 0.417. The molecule has 1 fully saturated rings. The van der Waals surface area contributed by atoms with E-state index in [1.807, 2.05) is 0 Å². The highest BCUT2D eigenvalue weighted by Crippen LogP contribution is 2.21. The number of thiazole rings is 1. The number of fused-ring (bicyclic) bond motifs is 1. The van der Waals surface area contributed by atoms with Crippen LogP contribution in [-0.4, -0.2) is 50.7 Å². The van der Waals surface area contributed by atoms with E-state index in [4.69, 9.17) is 0 Å². The Labute approximate surface area is 123 Å². The first-order valence-corrected chi connectivity index (χ1v) is 8.23. The summed E-state index contributed by atoms with van der Waals surface area (Å²) in [6.45, 7) is 0.748. The molecule has 20 heavy (non-hydrogen) atoms. The van der Waals surface area contributed by atoms with Crippen molar-refractivity contribution in [1.82, 2.24) is 14.3 Å². The number of aliphatic hydroxyl groups excluding tert-OH is 1. The molecule has 3 rings (SSSR count). The molecule has 1 aliphatic rings. The van der Waals surface area contributed by atoms with Gasteiger partial charge in [-0.3, -0.25) is 14.0 Å². The second-order valence-corrected chi connectivity index (χ2v) is 6.22. The van der Waals surface area contributed by atoms with Crippen LogP contribution >= 0.6 is 23.1 Å². The van der Waals surface area contributed by atoms with Gasteiger partial charge in [0, 0.05) is 24.7 Å². The fourth-order valence-corrected chi connectivity index (χ4v) is 3.60. The van der Waals surface area contributed by atoms with Crippen LogP contribution in [-0.2, 0) is 0 Å². The summed E-state index contributed by atoms with van der Waals surface area (Å²) in [6, 6.07) is 0. The monoisotopic (exact) mass is 311 g/mol. The molecule has 0 saturated carbocycles. The molecule has 8 heteroatoms. The molecule has 0 bridgehead atoms. The third-order valence-corrected chi connectivity index (χ3v) is 4.73. The molecular formula is C12H13N3O3S2. The Morgan fingerprint density at radius 1 is 1.60 bits per heavy atom. The number of hydrogen-bond donors (Lipinski definition) is 1. The number of amides is 1. The van der Waals surface area contributed by atoms with E-state index in [1.165, 1.54) is 32.4 Å². The van der Waals surface area contributed by atoms with Gasteiger partial charge in [-0.25, -0.2) is 4.98 Å². The lowest BCUT2D eigenvalue weighted by Gasteiger charge is -2.16. The topological polar surface area (TPSA) is 74.9 Å². The van der Waals surface area contributed by atoms with E-state index in [1.54, 1.807) is 17.8 Å². The molecule has 2 aromatic rings. The van der Waals surface area contributed by atoms with Crippen LogP contribution in [0.4, 0.5) is 0 Å². The van der Waals surface area contributed by atoms with Crippen LogP contribution in [0.2, 0.25) is 0 Å². The molecule has 1 N–H and O–H groups in total. The first kappa shape index (κ1) is 13.6. The maximum absolute atomic E-state index is 12.5. The lowest BCUT2D eigenvalue weighted by atomic mass is 10.3. The number of aromatic nitrogens is 2. The van der Waals surface area contributed by atoms with E-state index >= 15 is 0 Å². The van der Waals surface area contributed by atoms with Gasteiger partial charge in [-0.2, -0.15) is 0 Å². The highest BCUT2D eigenvalue weighted by atomic mass is 32.2. The first-order valence-electron chi connectivity index (χ1n) is 6.13. The molecule has 1 aliphatic heterocycles. The van der Waals surface area contributed by atoms with Crippen molar-refractivity contribution in [3.8, 4) is 0 Å². The fourth-order valence-electron chi connectivity index (χ4n) is 2.28. The molecule has 1 amide bonds. The van der Waals surface area contributed by atoms with Crippen molar-refractivity contribution in [1.29, 1.82) is 0 Å². The molecule has 2 aromatic heterocycles. The zero-order valence-electron chi connectivity index (χ0n) is 10.8. The molecule has 1 atom stereocenters. The van der Waals surface area contributed by atoms with Crippen molar-refractivity contribution < 1.29 is 9.90 Å². The molecular weight excluding hydrogens is 298 g/mol. The predicted octanol–water partition coefficient (Wildman–Crippen LogP) is 0.685. The quantitative estimate of drug-likeness (QED) is 0.652. The van der Waals surface area contributed by atoms with E-state index in [9.17, 15) is 14.7 Å². The Morgan fingerprint density at radius 3 is 3.05 bits per heavy atom. The maximum Gasteiger partial charge on any atom is 0.272 e. The summed E-state index contributed by atoms with van der Waals surface area (Å²) in [7, 11) is 0. The Balaban J connectivity index is 2.12. The van der Waals surface area contributed by atoms with Crippen LogP contribution in [0.5, 0.6) is 0 Å². The molecule has 3 heterocycles. The average molecular weight is 311 g/mol. The summed E-state index contributed by atoms with van der Waals surface area (Å²) < 4.78 is 1.39. The normalized spacial score (nSPS) is 18.9. The minimum Gasteiger partial charge on any atom is -0.391 e. The zero-order chi connectivity index (χ0) is 14.3. The number of β-amino-alcohol motifs (C(OH)–C–C–N with tert-alkyl or cyclic N) is 1. The molecule has 6 nitrogen and oxygen atoms in total. The number of nitrogens with zero attached hydrogens (tertiary/aromatic N) is 3.